The smallest absolute Gasteiger partial charge is 0.255 e. The molecule has 2 aromatic carbocycles. The van der Waals surface area contributed by atoms with E-state index in [0.29, 0.717) is 22.9 Å². The van der Waals surface area contributed by atoms with Gasteiger partial charge in [-0.1, -0.05) is 42.5 Å². The van der Waals surface area contributed by atoms with Gasteiger partial charge in [-0.25, -0.2) is 9.97 Å². The van der Waals surface area contributed by atoms with E-state index in [0.717, 1.165) is 30.8 Å². The number of anilines is 3. The van der Waals surface area contributed by atoms with Crippen molar-refractivity contribution in [1.82, 2.24) is 20.3 Å². The summed E-state index contributed by atoms with van der Waals surface area (Å²) >= 11 is 0. The molecule has 3 N–H and O–H groups in total. The minimum Gasteiger partial charge on any atom is -0.324 e. The van der Waals surface area contributed by atoms with Crippen LogP contribution in [-0.2, 0) is 0 Å². The lowest BCUT2D eigenvalue weighted by Crippen LogP contribution is -2.20. The fraction of sp³-hybridized carbons (Fsp3) is 0.111. The number of hydrogen-bond acceptors (Lipinski definition) is 6. The van der Waals surface area contributed by atoms with Crippen molar-refractivity contribution >= 4 is 28.8 Å². The Labute approximate surface area is 198 Å². The van der Waals surface area contributed by atoms with Crippen LogP contribution >= 0.6 is 0 Å². The van der Waals surface area contributed by atoms with E-state index in [1.54, 1.807) is 36.8 Å². The van der Waals surface area contributed by atoms with Crippen molar-refractivity contribution in [2.75, 3.05) is 23.7 Å². The molecule has 1 amide bonds. The minimum atomic E-state index is -0.184. The molecule has 0 saturated heterocycles. The van der Waals surface area contributed by atoms with E-state index in [-0.39, 0.29) is 5.91 Å². The molecule has 5 rings (SSSR count). The molecular formula is C27H24N6O. The number of nitrogens with one attached hydrogen (secondary N) is 3. The first-order valence-electron chi connectivity index (χ1n) is 11.2. The topological polar surface area (TPSA) is 91.8 Å². The molecule has 168 valence electrons. The molecule has 0 spiro atoms. The highest BCUT2D eigenvalue weighted by molar-refractivity contribution is 6.04. The monoisotopic (exact) mass is 448 g/mol. The summed E-state index contributed by atoms with van der Waals surface area (Å²) in [7, 11) is 0. The second-order valence-electron chi connectivity index (χ2n) is 7.93. The predicted octanol–water partition coefficient (Wildman–Crippen LogP) is 4.91. The number of hydrogen-bond donors (Lipinski definition) is 3. The van der Waals surface area contributed by atoms with Gasteiger partial charge in [-0.05, 0) is 48.4 Å². The molecule has 1 aliphatic rings. The van der Waals surface area contributed by atoms with E-state index in [2.05, 4.69) is 44.1 Å². The third-order valence-electron chi connectivity index (χ3n) is 5.53. The number of rotatable bonds is 6. The standard InChI is InChI=1S/C27H24N6O/c34-27(20-5-2-1-3-6-20)31-23-16-24(32-25(17-23)33-26-18-29-13-14-30-26)22-8-4-7-21(15-22)19-9-11-28-12-10-19/h1-9,13-18,28H,10-12H2,(H2,30,31,32,33,34). The number of nitrogens with zero attached hydrogens (tertiary/aromatic N) is 3. The lowest BCUT2D eigenvalue weighted by molar-refractivity contribution is 0.102. The third-order valence-corrected chi connectivity index (χ3v) is 5.53. The van der Waals surface area contributed by atoms with E-state index in [4.69, 9.17) is 4.98 Å². The maximum Gasteiger partial charge on any atom is 0.255 e. The Morgan fingerprint density at radius 2 is 1.79 bits per heavy atom. The molecule has 0 bridgehead atoms. The van der Waals surface area contributed by atoms with Crippen LogP contribution in [0.4, 0.5) is 17.3 Å². The van der Waals surface area contributed by atoms with Crippen LogP contribution < -0.4 is 16.0 Å². The zero-order valence-electron chi connectivity index (χ0n) is 18.5. The van der Waals surface area contributed by atoms with Crippen molar-refractivity contribution in [1.29, 1.82) is 0 Å². The fourth-order valence-electron chi connectivity index (χ4n) is 3.87. The molecule has 7 heteroatoms. The number of carbonyl (C=O) groups is 1. The van der Waals surface area contributed by atoms with Crippen molar-refractivity contribution in [3.05, 3.63) is 103 Å². The van der Waals surface area contributed by atoms with E-state index in [1.807, 2.05) is 36.4 Å². The number of amides is 1. The molecule has 0 radical (unpaired) electrons. The molecule has 4 aromatic rings. The predicted molar refractivity (Wildman–Crippen MR) is 135 cm³/mol. The summed E-state index contributed by atoms with van der Waals surface area (Å²) in [6.07, 6.45) is 8.07. The van der Waals surface area contributed by atoms with Gasteiger partial charge in [0.1, 0.15) is 11.6 Å². The molecule has 3 heterocycles. The summed E-state index contributed by atoms with van der Waals surface area (Å²) in [6, 6.07) is 21.2. The Balaban J connectivity index is 1.51. The van der Waals surface area contributed by atoms with Gasteiger partial charge in [0.15, 0.2) is 0 Å². The Morgan fingerprint density at radius 3 is 2.59 bits per heavy atom. The van der Waals surface area contributed by atoms with Crippen LogP contribution in [0.1, 0.15) is 22.3 Å². The van der Waals surface area contributed by atoms with Crippen molar-refractivity contribution in [2.45, 2.75) is 6.42 Å². The van der Waals surface area contributed by atoms with Crippen molar-refractivity contribution < 1.29 is 4.79 Å². The van der Waals surface area contributed by atoms with Gasteiger partial charge in [-0.2, -0.15) is 0 Å². The van der Waals surface area contributed by atoms with Gasteiger partial charge in [-0.15, -0.1) is 0 Å². The van der Waals surface area contributed by atoms with Gasteiger partial charge in [0.25, 0.3) is 5.91 Å². The normalized spacial score (nSPS) is 13.1. The molecule has 2 aromatic heterocycles. The first kappa shape index (κ1) is 21.5. The van der Waals surface area contributed by atoms with Gasteiger partial charge in [0, 0.05) is 41.8 Å². The van der Waals surface area contributed by atoms with Gasteiger partial charge >= 0.3 is 0 Å². The van der Waals surface area contributed by atoms with E-state index >= 15 is 0 Å². The summed E-state index contributed by atoms with van der Waals surface area (Å²) in [5.41, 5.74) is 5.44. The molecule has 34 heavy (non-hydrogen) atoms. The van der Waals surface area contributed by atoms with E-state index in [1.165, 1.54) is 11.1 Å². The first-order valence-corrected chi connectivity index (χ1v) is 11.2. The highest BCUT2D eigenvalue weighted by atomic mass is 16.1. The maximum absolute atomic E-state index is 12.8. The summed E-state index contributed by atoms with van der Waals surface area (Å²) in [5.74, 6) is 0.950. The summed E-state index contributed by atoms with van der Waals surface area (Å²) < 4.78 is 0. The van der Waals surface area contributed by atoms with Gasteiger partial charge in [-0.3, -0.25) is 9.78 Å². The number of benzene rings is 2. The van der Waals surface area contributed by atoms with Crippen LogP contribution in [0.25, 0.3) is 16.8 Å². The van der Waals surface area contributed by atoms with Crippen LogP contribution in [0.5, 0.6) is 0 Å². The molecule has 0 aliphatic carbocycles. The fourth-order valence-corrected chi connectivity index (χ4v) is 3.87. The van der Waals surface area contributed by atoms with Gasteiger partial charge in [0.2, 0.25) is 0 Å². The second-order valence-corrected chi connectivity index (χ2v) is 7.93. The Bertz CT molecular complexity index is 1320. The average molecular weight is 449 g/mol. The van der Waals surface area contributed by atoms with Crippen LogP contribution in [0.15, 0.2) is 91.4 Å². The zero-order chi connectivity index (χ0) is 23.2. The minimum absolute atomic E-state index is 0.184. The number of pyridine rings is 1. The second kappa shape index (κ2) is 10.1. The van der Waals surface area contributed by atoms with Crippen LogP contribution in [-0.4, -0.2) is 33.9 Å². The lowest BCUT2D eigenvalue weighted by Gasteiger charge is -2.16. The van der Waals surface area contributed by atoms with Gasteiger partial charge < -0.3 is 16.0 Å². The van der Waals surface area contributed by atoms with Crippen molar-refractivity contribution in [3.8, 4) is 11.3 Å². The molecule has 0 saturated carbocycles. The summed E-state index contributed by atoms with van der Waals surface area (Å²) in [6.45, 7) is 1.85. The Morgan fingerprint density at radius 1 is 0.912 bits per heavy atom. The SMILES string of the molecule is O=C(Nc1cc(Nc2cnccn2)nc(-c2cccc(C3=CCNCC3)c2)c1)c1ccccc1. The Hall–Kier alpha value is -4.36. The van der Waals surface area contributed by atoms with E-state index in [9.17, 15) is 4.79 Å². The molecular weight excluding hydrogens is 424 g/mol. The quantitative estimate of drug-likeness (QED) is 0.388. The Kier molecular flexibility index (Phi) is 6.36. The van der Waals surface area contributed by atoms with Crippen LogP contribution in [0.2, 0.25) is 0 Å². The van der Waals surface area contributed by atoms with Crippen molar-refractivity contribution in [2.24, 2.45) is 0 Å². The maximum atomic E-state index is 12.8. The molecule has 0 fully saturated rings. The molecule has 7 nitrogen and oxygen atoms in total. The largest absolute Gasteiger partial charge is 0.324 e. The number of aromatic nitrogens is 3. The molecule has 1 aliphatic heterocycles. The van der Waals surface area contributed by atoms with Crippen LogP contribution in [0.3, 0.4) is 0 Å². The molecule has 0 unspecified atom stereocenters. The zero-order valence-corrected chi connectivity index (χ0v) is 18.5. The van der Waals surface area contributed by atoms with Crippen LogP contribution in [0, 0.1) is 0 Å². The van der Waals surface area contributed by atoms with E-state index < -0.39 is 0 Å². The summed E-state index contributed by atoms with van der Waals surface area (Å²) in [4.78, 5) is 26.0. The lowest BCUT2D eigenvalue weighted by atomic mass is 9.97. The molecule has 0 atom stereocenters. The number of carbonyl (C=O) groups excluding carboxylic acids is 1. The highest BCUT2D eigenvalue weighted by Gasteiger charge is 2.12. The van der Waals surface area contributed by atoms with Gasteiger partial charge in [0.05, 0.1) is 11.9 Å². The van der Waals surface area contributed by atoms with Crippen molar-refractivity contribution in [3.63, 3.8) is 0 Å². The third kappa shape index (κ3) is 5.16. The summed E-state index contributed by atoms with van der Waals surface area (Å²) in [5, 5.41) is 9.54. The highest BCUT2D eigenvalue weighted by Crippen LogP contribution is 2.29. The first-order chi connectivity index (χ1) is 16.7. The average Bonchev–Trinajstić information content (AvgIpc) is 2.90.